The minimum Gasteiger partial charge on any atom is -0.478 e. The highest BCUT2D eigenvalue weighted by molar-refractivity contribution is 5.89. The van der Waals surface area contributed by atoms with Crippen molar-refractivity contribution in [3.63, 3.8) is 0 Å². The molecule has 1 aromatic rings. The summed E-state index contributed by atoms with van der Waals surface area (Å²) in [7, 11) is 0. The number of carboxylic acids is 1. The first kappa shape index (κ1) is 16.9. The number of carbonyl (C=O) groups is 2. The van der Waals surface area contributed by atoms with Crippen LogP contribution in [0.1, 0.15) is 49.7 Å². The van der Waals surface area contributed by atoms with Crippen molar-refractivity contribution >= 4 is 17.7 Å². The lowest BCUT2D eigenvalue weighted by molar-refractivity contribution is -0.116. The Hall–Kier alpha value is -2.11. The fraction of sp³-hybridized carbons (Fsp3) is 0.533. The van der Waals surface area contributed by atoms with Crippen LogP contribution in [0.15, 0.2) is 12.1 Å². The summed E-state index contributed by atoms with van der Waals surface area (Å²) >= 11 is 0. The van der Waals surface area contributed by atoms with E-state index in [2.05, 4.69) is 4.98 Å². The number of anilines is 1. The summed E-state index contributed by atoms with van der Waals surface area (Å²) in [6.45, 7) is 8.51. The zero-order valence-corrected chi connectivity index (χ0v) is 13.0. The Balaban J connectivity index is 3.27. The summed E-state index contributed by atoms with van der Waals surface area (Å²) < 4.78 is 0. The van der Waals surface area contributed by atoms with Crippen molar-refractivity contribution in [1.82, 2.24) is 4.98 Å². The molecular formula is C15H23N3O3. The quantitative estimate of drug-likeness (QED) is 0.799. The number of amides is 1. The van der Waals surface area contributed by atoms with Gasteiger partial charge in [0, 0.05) is 12.2 Å². The zero-order chi connectivity index (χ0) is 16.2. The molecule has 1 heterocycles. The van der Waals surface area contributed by atoms with Crippen LogP contribution in [0.5, 0.6) is 0 Å². The molecule has 1 amide bonds. The Bertz CT molecular complexity index is 527. The second-order valence-corrected chi connectivity index (χ2v) is 5.84. The third-order valence-electron chi connectivity index (χ3n) is 2.93. The number of rotatable bonds is 7. The smallest absolute Gasteiger partial charge is 0.335 e. The molecule has 0 saturated carbocycles. The maximum atomic E-state index is 11.3. The van der Waals surface area contributed by atoms with Crippen LogP contribution in [0.4, 0.5) is 5.82 Å². The first-order valence-corrected chi connectivity index (χ1v) is 6.99. The number of aromatic nitrogens is 1. The highest BCUT2D eigenvalue weighted by Gasteiger charge is 2.17. The highest BCUT2D eigenvalue weighted by atomic mass is 16.4. The lowest BCUT2D eigenvalue weighted by Crippen LogP contribution is -2.37. The Morgan fingerprint density at radius 3 is 2.33 bits per heavy atom. The first-order chi connectivity index (χ1) is 9.70. The normalized spacial score (nSPS) is 11.0. The molecule has 1 rings (SSSR count). The fourth-order valence-electron chi connectivity index (χ4n) is 1.99. The first-order valence-electron chi connectivity index (χ1n) is 6.99. The van der Waals surface area contributed by atoms with Crippen LogP contribution in [0.2, 0.25) is 0 Å². The number of hydrogen-bond acceptors (Lipinski definition) is 4. The van der Waals surface area contributed by atoms with Gasteiger partial charge in [0.2, 0.25) is 5.91 Å². The van der Waals surface area contributed by atoms with E-state index in [4.69, 9.17) is 5.73 Å². The summed E-state index contributed by atoms with van der Waals surface area (Å²) in [6.07, 6.45) is 0. The molecule has 6 nitrogen and oxygen atoms in total. The van der Waals surface area contributed by atoms with Crippen LogP contribution in [-0.2, 0) is 4.79 Å². The van der Waals surface area contributed by atoms with Crippen LogP contribution >= 0.6 is 0 Å². The largest absolute Gasteiger partial charge is 0.478 e. The second kappa shape index (κ2) is 7.06. The average molecular weight is 293 g/mol. The third-order valence-corrected chi connectivity index (χ3v) is 2.93. The molecule has 0 aliphatic heterocycles. The van der Waals surface area contributed by atoms with Crippen molar-refractivity contribution in [2.75, 3.05) is 18.0 Å². The van der Waals surface area contributed by atoms with Gasteiger partial charge in [-0.25, -0.2) is 9.78 Å². The monoisotopic (exact) mass is 293 g/mol. The number of primary amides is 1. The number of carbonyl (C=O) groups excluding carboxylic acids is 1. The van der Waals surface area contributed by atoms with Gasteiger partial charge in [0.1, 0.15) is 5.82 Å². The molecule has 0 fully saturated rings. The average Bonchev–Trinajstić information content (AvgIpc) is 2.36. The van der Waals surface area contributed by atoms with Gasteiger partial charge >= 0.3 is 5.97 Å². The standard InChI is InChI=1S/C15H23N3O3/c1-9(2)7-18(8-13(16)19)14-6-11(15(20)21)5-12(17-14)10(3)4/h5-6,9-10H,7-8H2,1-4H3,(H2,16,19)(H,20,21). The van der Waals surface area contributed by atoms with Crippen molar-refractivity contribution < 1.29 is 14.7 Å². The van der Waals surface area contributed by atoms with Crippen molar-refractivity contribution in [1.29, 1.82) is 0 Å². The fourth-order valence-corrected chi connectivity index (χ4v) is 1.99. The number of aromatic carboxylic acids is 1. The summed E-state index contributed by atoms with van der Waals surface area (Å²) in [5.41, 5.74) is 6.13. The van der Waals surface area contributed by atoms with Crippen molar-refractivity contribution in [3.8, 4) is 0 Å². The van der Waals surface area contributed by atoms with Gasteiger partial charge in [-0.05, 0) is 24.0 Å². The third kappa shape index (κ3) is 5.06. The Labute approximate surface area is 125 Å². The maximum absolute atomic E-state index is 11.3. The maximum Gasteiger partial charge on any atom is 0.335 e. The van der Waals surface area contributed by atoms with E-state index in [-0.39, 0.29) is 18.0 Å². The minimum absolute atomic E-state index is 0.0196. The van der Waals surface area contributed by atoms with Crippen molar-refractivity contribution in [2.24, 2.45) is 11.7 Å². The van der Waals surface area contributed by atoms with E-state index in [1.807, 2.05) is 27.7 Å². The van der Waals surface area contributed by atoms with E-state index in [1.165, 1.54) is 6.07 Å². The van der Waals surface area contributed by atoms with Crippen LogP contribution in [0.3, 0.4) is 0 Å². The zero-order valence-electron chi connectivity index (χ0n) is 13.0. The van der Waals surface area contributed by atoms with E-state index >= 15 is 0 Å². The number of carboxylic acid groups (broad SMARTS) is 1. The summed E-state index contributed by atoms with van der Waals surface area (Å²) in [5, 5.41) is 9.22. The predicted octanol–water partition coefficient (Wildman–Crippen LogP) is 1.85. The molecule has 0 radical (unpaired) electrons. The molecule has 3 N–H and O–H groups in total. The Morgan fingerprint density at radius 2 is 1.90 bits per heavy atom. The van der Waals surface area contributed by atoms with Gasteiger partial charge in [0.05, 0.1) is 12.1 Å². The second-order valence-electron chi connectivity index (χ2n) is 5.84. The highest BCUT2D eigenvalue weighted by Crippen LogP contribution is 2.21. The molecule has 0 saturated heterocycles. The van der Waals surface area contributed by atoms with Gasteiger partial charge in [-0.15, -0.1) is 0 Å². The molecule has 0 aliphatic carbocycles. The number of nitrogens with zero attached hydrogens (tertiary/aromatic N) is 2. The van der Waals surface area contributed by atoms with Crippen molar-refractivity contribution in [3.05, 3.63) is 23.4 Å². The minimum atomic E-state index is -1.01. The molecule has 21 heavy (non-hydrogen) atoms. The molecule has 0 aliphatic rings. The van der Waals surface area contributed by atoms with E-state index < -0.39 is 11.9 Å². The molecule has 0 spiro atoms. The molecule has 1 aromatic heterocycles. The summed E-state index contributed by atoms with van der Waals surface area (Å²) in [5.74, 6) is -0.612. The van der Waals surface area contributed by atoms with Gasteiger partial charge in [-0.3, -0.25) is 4.79 Å². The molecule has 0 atom stereocenters. The molecular weight excluding hydrogens is 270 g/mol. The van der Waals surface area contributed by atoms with Crippen molar-refractivity contribution in [2.45, 2.75) is 33.6 Å². The van der Waals surface area contributed by atoms with Crippen LogP contribution in [0, 0.1) is 5.92 Å². The predicted molar refractivity (Wildman–Crippen MR) is 81.5 cm³/mol. The lowest BCUT2D eigenvalue weighted by Gasteiger charge is -2.25. The van der Waals surface area contributed by atoms with E-state index in [0.717, 1.165) is 0 Å². The van der Waals surface area contributed by atoms with Crippen LogP contribution < -0.4 is 10.6 Å². The van der Waals surface area contributed by atoms with Gasteiger partial charge < -0.3 is 15.7 Å². The topological polar surface area (TPSA) is 96.5 Å². The summed E-state index contributed by atoms with van der Waals surface area (Å²) in [4.78, 5) is 28.7. The molecule has 116 valence electrons. The van der Waals surface area contributed by atoms with Gasteiger partial charge in [0.15, 0.2) is 0 Å². The molecule has 0 bridgehead atoms. The summed E-state index contributed by atoms with van der Waals surface area (Å²) in [6, 6.07) is 3.05. The van der Waals surface area contributed by atoms with Gasteiger partial charge in [-0.1, -0.05) is 27.7 Å². The van der Waals surface area contributed by atoms with Crippen LogP contribution in [0.25, 0.3) is 0 Å². The Kier molecular flexibility index (Phi) is 5.69. The van der Waals surface area contributed by atoms with Gasteiger partial charge in [0.25, 0.3) is 0 Å². The SMILES string of the molecule is CC(C)CN(CC(N)=O)c1cc(C(=O)O)cc(C(C)C)n1. The van der Waals surface area contributed by atoms with E-state index in [0.29, 0.717) is 24.0 Å². The number of pyridine rings is 1. The Morgan fingerprint density at radius 1 is 1.29 bits per heavy atom. The molecule has 0 aromatic carbocycles. The van der Waals surface area contributed by atoms with Crippen LogP contribution in [-0.4, -0.2) is 35.1 Å². The molecule has 0 unspecified atom stereocenters. The van der Waals surface area contributed by atoms with E-state index in [1.54, 1.807) is 11.0 Å². The molecule has 6 heteroatoms. The number of hydrogen-bond donors (Lipinski definition) is 2. The lowest BCUT2D eigenvalue weighted by atomic mass is 10.1. The van der Waals surface area contributed by atoms with Gasteiger partial charge in [-0.2, -0.15) is 0 Å². The van der Waals surface area contributed by atoms with E-state index in [9.17, 15) is 14.7 Å². The number of nitrogens with two attached hydrogens (primary N) is 1.